The molecule has 2 N–H and O–H groups in total. The van der Waals surface area contributed by atoms with Gasteiger partial charge in [-0.05, 0) is 79.9 Å². The highest BCUT2D eigenvalue weighted by molar-refractivity contribution is 5.80. The summed E-state index contributed by atoms with van der Waals surface area (Å²) in [6, 6.07) is 6.14. The molecule has 0 saturated heterocycles. The van der Waals surface area contributed by atoms with Crippen LogP contribution in [0.5, 0.6) is 0 Å². The maximum Gasteiger partial charge on any atom is 0.306 e. The first-order valence-electron chi connectivity index (χ1n) is 10.2. The van der Waals surface area contributed by atoms with E-state index in [1.165, 1.54) is 18.6 Å². The molecule has 152 valence electrons. The molecule has 5 nitrogen and oxygen atoms in total. The lowest BCUT2D eigenvalue weighted by Crippen LogP contribution is -2.56. The second kappa shape index (κ2) is 7.47. The highest BCUT2D eigenvalue weighted by Crippen LogP contribution is 2.62. The SMILES string of the molecule is O=C(COC(=O)CC12C[C@@H]3C[C@@H](CC(O)(C3)C1)C2)NCCc1ccc(F)cc1. The van der Waals surface area contributed by atoms with E-state index >= 15 is 0 Å². The number of hydrogen-bond acceptors (Lipinski definition) is 4. The van der Waals surface area contributed by atoms with Crippen molar-refractivity contribution in [3.8, 4) is 0 Å². The van der Waals surface area contributed by atoms with Gasteiger partial charge in [0.05, 0.1) is 12.0 Å². The van der Waals surface area contributed by atoms with E-state index < -0.39 is 5.60 Å². The van der Waals surface area contributed by atoms with Crippen molar-refractivity contribution in [2.75, 3.05) is 13.2 Å². The molecular weight excluding hydrogens is 361 g/mol. The number of aliphatic hydroxyl groups is 1. The third-order valence-electron chi connectivity index (χ3n) is 6.68. The molecule has 0 aromatic heterocycles. The molecule has 0 spiro atoms. The van der Waals surface area contributed by atoms with Crippen molar-refractivity contribution in [2.24, 2.45) is 17.3 Å². The first-order valence-corrected chi connectivity index (χ1v) is 10.2. The van der Waals surface area contributed by atoms with Crippen LogP contribution in [0.25, 0.3) is 0 Å². The van der Waals surface area contributed by atoms with Gasteiger partial charge in [-0.1, -0.05) is 12.1 Å². The number of carbonyl (C=O) groups excluding carboxylic acids is 2. The van der Waals surface area contributed by atoms with Gasteiger partial charge < -0.3 is 15.2 Å². The Morgan fingerprint density at radius 2 is 1.82 bits per heavy atom. The van der Waals surface area contributed by atoms with E-state index in [0.717, 1.165) is 31.2 Å². The smallest absolute Gasteiger partial charge is 0.306 e. The van der Waals surface area contributed by atoms with Gasteiger partial charge in [-0.15, -0.1) is 0 Å². The molecule has 0 aliphatic heterocycles. The number of ether oxygens (including phenoxy) is 1. The Morgan fingerprint density at radius 3 is 2.46 bits per heavy atom. The average molecular weight is 389 g/mol. The monoisotopic (exact) mass is 389 g/mol. The summed E-state index contributed by atoms with van der Waals surface area (Å²) in [5.74, 6) is 0.0762. The van der Waals surface area contributed by atoms with E-state index in [1.807, 2.05) is 0 Å². The summed E-state index contributed by atoms with van der Waals surface area (Å²) < 4.78 is 18.1. The number of halogens is 1. The Hall–Kier alpha value is -1.95. The number of benzene rings is 1. The minimum atomic E-state index is -0.595. The lowest BCUT2D eigenvalue weighted by Gasteiger charge is -2.60. The van der Waals surface area contributed by atoms with Crippen LogP contribution >= 0.6 is 0 Å². The zero-order valence-electron chi connectivity index (χ0n) is 16.1. The van der Waals surface area contributed by atoms with Crippen molar-refractivity contribution in [1.29, 1.82) is 0 Å². The largest absolute Gasteiger partial charge is 0.456 e. The zero-order valence-corrected chi connectivity index (χ0v) is 16.1. The summed E-state index contributed by atoms with van der Waals surface area (Å²) in [4.78, 5) is 24.3. The minimum Gasteiger partial charge on any atom is -0.456 e. The maximum atomic E-state index is 12.9. The van der Waals surface area contributed by atoms with Crippen LogP contribution in [-0.4, -0.2) is 35.7 Å². The first kappa shape index (κ1) is 19.4. The van der Waals surface area contributed by atoms with Gasteiger partial charge in [-0.3, -0.25) is 9.59 Å². The molecule has 4 bridgehead atoms. The standard InChI is InChI=1S/C22H28FNO4/c23-18-3-1-15(2-4-18)5-6-24-19(25)13-28-20(26)12-21-8-16-7-17(9-21)11-22(27,10-16)14-21/h1-4,16-17,27H,5-14H2,(H,24,25)/t16-,17+,21?,22?. The lowest BCUT2D eigenvalue weighted by atomic mass is 9.47. The average Bonchev–Trinajstić information content (AvgIpc) is 2.59. The van der Waals surface area contributed by atoms with Crippen LogP contribution < -0.4 is 5.32 Å². The molecule has 2 unspecified atom stereocenters. The highest BCUT2D eigenvalue weighted by Gasteiger charge is 2.57. The molecule has 5 rings (SSSR count). The molecular formula is C22H28FNO4. The van der Waals surface area contributed by atoms with Gasteiger partial charge in [-0.2, -0.15) is 0 Å². The summed E-state index contributed by atoms with van der Waals surface area (Å²) in [6.07, 6.45) is 6.47. The van der Waals surface area contributed by atoms with Crippen LogP contribution in [0.15, 0.2) is 24.3 Å². The molecule has 1 amide bonds. The van der Waals surface area contributed by atoms with Gasteiger partial charge in [0.1, 0.15) is 5.82 Å². The van der Waals surface area contributed by atoms with Crippen LogP contribution in [-0.2, 0) is 20.7 Å². The maximum absolute atomic E-state index is 12.9. The van der Waals surface area contributed by atoms with Crippen molar-refractivity contribution < 1.29 is 23.8 Å². The Bertz CT molecular complexity index is 733. The van der Waals surface area contributed by atoms with Crippen LogP contribution in [0.2, 0.25) is 0 Å². The number of esters is 1. The first-order chi connectivity index (χ1) is 13.3. The van der Waals surface area contributed by atoms with E-state index in [-0.39, 0.29) is 29.7 Å². The Morgan fingerprint density at radius 1 is 1.14 bits per heavy atom. The van der Waals surface area contributed by atoms with Gasteiger partial charge in [0.25, 0.3) is 5.91 Å². The van der Waals surface area contributed by atoms with E-state index in [4.69, 9.17) is 4.74 Å². The molecule has 4 saturated carbocycles. The van der Waals surface area contributed by atoms with E-state index in [0.29, 0.717) is 37.6 Å². The van der Waals surface area contributed by atoms with Gasteiger partial charge in [-0.25, -0.2) is 4.39 Å². The Kier molecular flexibility index (Phi) is 5.17. The third kappa shape index (κ3) is 4.37. The summed E-state index contributed by atoms with van der Waals surface area (Å²) in [7, 11) is 0. The third-order valence-corrected chi connectivity index (χ3v) is 6.68. The number of carbonyl (C=O) groups is 2. The zero-order chi connectivity index (χ0) is 19.8. The van der Waals surface area contributed by atoms with E-state index in [9.17, 15) is 19.1 Å². The fraction of sp³-hybridized carbons (Fsp3) is 0.636. The van der Waals surface area contributed by atoms with Crippen LogP contribution in [0.3, 0.4) is 0 Å². The second-order valence-electron chi connectivity index (χ2n) is 9.25. The molecule has 4 aliphatic carbocycles. The number of nitrogens with one attached hydrogen (secondary N) is 1. The number of amides is 1. The molecule has 0 heterocycles. The molecule has 4 fully saturated rings. The molecule has 4 aliphatic rings. The number of rotatable bonds is 7. The van der Waals surface area contributed by atoms with Crippen molar-refractivity contribution in [1.82, 2.24) is 5.32 Å². The predicted molar refractivity (Wildman–Crippen MR) is 101 cm³/mol. The molecule has 6 heteroatoms. The van der Waals surface area contributed by atoms with Crippen LogP contribution in [0.4, 0.5) is 4.39 Å². The highest BCUT2D eigenvalue weighted by atomic mass is 19.1. The van der Waals surface area contributed by atoms with E-state index in [2.05, 4.69) is 5.32 Å². The summed E-state index contributed by atoms with van der Waals surface area (Å²) in [5.41, 5.74) is 0.190. The molecule has 1 aromatic carbocycles. The van der Waals surface area contributed by atoms with Gasteiger partial charge in [0.15, 0.2) is 6.61 Å². The Balaban J connectivity index is 1.19. The fourth-order valence-corrected chi connectivity index (χ4v) is 6.16. The van der Waals surface area contributed by atoms with Gasteiger partial charge in [0.2, 0.25) is 0 Å². The minimum absolute atomic E-state index is 0.144. The van der Waals surface area contributed by atoms with Crippen molar-refractivity contribution in [2.45, 2.75) is 57.0 Å². The summed E-state index contributed by atoms with van der Waals surface area (Å²) in [6.45, 7) is 0.123. The summed E-state index contributed by atoms with van der Waals surface area (Å²) >= 11 is 0. The van der Waals surface area contributed by atoms with Crippen LogP contribution in [0, 0.1) is 23.1 Å². The normalized spacial score (nSPS) is 32.9. The molecule has 28 heavy (non-hydrogen) atoms. The molecule has 1 aromatic rings. The molecule has 0 radical (unpaired) electrons. The fourth-order valence-electron chi connectivity index (χ4n) is 6.16. The second-order valence-corrected chi connectivity index (χ2v) is 9.25. The van der Waals surface area contributed by atoms with Crippen LogP contribution in [0.1, 0.15) is 50.5 Å². The Labute approximate surface area is 164 Å². The number of hydrogen-bond donors (Lipinski definition) is 2. The topological polar surface area (TPSA) is 75.6 Å². The predicted octanol–water partition coefficient (Wildman–Crippen LogP) is 2.75. The van der Waals surface area contributed by atoms with Gasteiger partial charge in [0, 0.05) is 6.54 Å². The van der Waals surface area contributed by atoms with Crippen molar-refractivity contribution in [3.05, 3.63) is 35.6 Å². The van der Waals surface area contributed by atoms with Crippen molar-refractivity contribution >= 4 is 11.9 Å². The van der Waals surface area contributed by atoms with Gasteiger partial charge >= 0.3 is 5.97 Å². The molecule has 4 atom stereocenters. The van der Waals surface area contributed by atoms with Crippen molar-refractivity contribution in [3.63, 3.8) is 0 Å². The quantitative estimate of drug-likeness (QED) is 0.703. The van der Waals surface area contributed by atoms with E-state index in [1.54, 1.807) is 12.1 Å². The summed E-state index contributed by atoms with van der Waals surface area (Å²) in [5, 5.41) is 13.5. The lowest BCUT2D eigenvalue weighted by molar-refractivity contribution is -0.177.